The highest BCUT2D eigenvalue weighted by atomic mass is 16.7. The van der Waals surface area contributed by atoms with Gasteiger partial charge < -0.3 is 28.8 Å². The molecule has 1 N–H and O–H groups in total. The molecule has 0 amide bonds. The molecule has 1 aliphatic rings. The molecule has 3 aromatic carbocycles. The summed E-state index contributed by atoms with van der Waals surface area (Å²) in [5, 5.41) is 19.8. The summed E-state index contributed by atoms with van der Waals surface area (Å²) in [5.74, 6) is -0.727. The Bertz CT molecular complexity index is 1610. The normalized spacial score (nSPS) is 17.0. The van der Waals surface area contributed by atoms with Crippen molar-refractivity contribution in [2.75, 3.05) is 14.2 Å². The minimum absolute atomic E-state index is 0.117. The Labute approximate surface area is 237 Å². The van der Waals surface area contributed by atoms with E-state index in [0.29, 0.717) is 56.3 Å². The van der Waals surface area contributed by atoms with Crippen LogP contribution < -0.4 is 18.9 Å². The van der Waals surface area contributed by atoms with Crippen molar-refractivity contribution in [3.05, 3.63) is 76.9 Å². The van der Waals surface area contributed by atoms with Gasteiger partial charge in [0, 0.05) is 17.6 Å². The maximum absolute atomic E-state index is 13.5. The predicted octanol–water partition coefficient (Wildman–Crippen LogP) is 5.21. The van der Waals surface area contributed by atoms with E-state index in [0.717, 1.165) is 0 Å². The lowest BCUT2D eigenvalue weighted by Crippen LogP contribution is -2.29. The number of rotatable bonds is 10. The molecule has 5 rings (SSSR count). The Morgan fingerprint density at radius 2 is 1.54 bits per heavy atom. The van der Waals surface area contributed by atoms with Gasteiger partial charge in [0.05, 0.1) is 32.0 Å². The smallest absolute Gasteiger partial charge is 0.342 e. The van der Waals surface area contributed by atoms with Crippen molar-refractivity contribution in [3.8, 4) is 23.0 Å². The molecule has 1 aliphatic heterocycles. The van der Waals surface area contributed by atoms with Crippen molar-refractivity contribution in [1.82, 2.24) is 10.3 Å². The van der Waals surface area contributed by atoms with Crippen molar-refractivity contribution in [1.29, 1.82) is 0 Å². The van der Waals surface area contributed by atoms with Crippen LogP contribution in [0.5, 0.6) is 23.0 Å². The van der Waals surface area contributed by atoms with E-state index in [1.165, 1.54) is 0 Å². The van der Waals surface area contributed by atoms with Crippen LogP contribution >= 0.6 is 0 Å². The van der Waals surface area contributed by atoms with Gasteiger partial charge in [-0.1, -0.05) is 6.07 Å². The number of aromatic nitrogens is 2. The number of hydrogen-bond acceptors (Lipinski definition) is 10. The number of esters is 1. The minimum atomic E-state index is -2.06. The highest BCUT2D eigenvalue weighted by Gasteiger charge is 2.48. The van der Waals surface area contributed by atoms with Gasteiger partial charge in [-0.15, -0.1) is 0 Å². The Kier molecular flexibility index (Phi) is 7.59. The molecule has 214 valence electrons. The molecule has 2 heterocycles. The third kappa shape index (κ3) is 5.43. The number of ether oxygens (including phenoxy) is 5. The van der Waals surface area contributed by atoms with Crippen LogP contribution in [0.3, 0.4) is 0 Å². The maximum Gasteiger partial charge on any atom is 0.342 e. The SMILES string of the molecule is COc1ccc(C2(O)OC(=O)C(c3ccc4nonc4c3)=C2Cc2cc(OC)c(OC(C)C)c(OC(C)C)c2)cc1. The number of aliphatic hydroxyl groups is 1. The largest absolute Gasteiger partial charge is 0.497 e. The quantitative estimate of drug-likeness (QED) is 0.259. The third-order valence-corrected chi connectivity index (χ3v) is 6.58. The van der Waals surface area contributed by atoms with Crippen molar-refractivity contribution >= 4 is 22.6 Å². The molecule has 41 heavy (non-hydrogen) atoms. The number of cyclic esters (lactones) is 1. The fourth-order valence-electron chi connectivity index (χ4n) is 4.81. The number of carbonyl (C=O) groups is 1. The Morgan fingerprint density at radius 3 is 2.20 bits per heavy atom. The average molecular weight is 561 g/mol. The Hall–Kier alpha value is -4.57. The number of nitrogens with zero attached hydrogens (tertiary/aromatic N) is 2. The van der Waals surface area contributed by atoms with Crippen LogP contribution in [0.4, 0.5) is 0 Å². The van der Waals surface area contributed by atoms with E-state index < -0.39 is 11.8 Å². The number of benzene rings is 3. The number of methoxy groups -OCH3 is 2. The molecule has 0 fully saturated rings. The van der Waals surface area contributed by atoms with Gasteiger partial charge >= 0.3 is 5.97 Å². The zero-order valence-corrected chi connectivity index (χ0v) is 23.8. The van der Waals surface area contributed by atoms with E-state index in [1.54, 1.807) is 62.8 Å². The van der Waals surface area contributed by atoms with E-state index in [1.807, 2.05) is 33.8 Å². The summed E-state index contributed by atoms with van der Waals surface area (Å²) in [6, 6.07) is 15.4. The molecule has 1 aromatic heterocycles. The minimum Gasteiger partial charge on any atom is -0.497 e. The fourth-order valence-corrected chi connectivity index (χ4v) is 4.81. The van der Waals surface area contributed by atoms with Crippen LogP contribution in [0.15, 0.2) is 64.8 Å². The molecule has 10 heteroatoms. The molecule has 4 aromatic rings. The van der Waals surface area contributed by atoms with Gasteiger partial charge in [0.15, 0.2) is 11.5 Å². The highest BCUT2D eigenvalue weighted by Crippen LogP contribution is 2.47. The molecule has 1 unspecified atom stereocenters. The van der Waals surface area contributed by atoms with Gasteiger partial charge in [-0.3, -0.25) is 0 Å². The topological polar surface area (TPSA) is 122 Å². The predicted molar refractivity (Wildman–Crippen MR) is 150 cm³/mol. The third-order valence-electron chi connectivity index (χ3n) is 6.58. The van der Waals surface area contributed by atoms with Gasteiger partial charge in [0.2, 0.25) is 5.75 Å². The number of hydrogen-bond donors (Lipinski definition) is 1. The zero-order chi connectivity index (χ0) is 29.3. The average Bonchev–Trinajstić information content (AvgIpc) is 3.51. The lowest BCUT2D eigenvalue weighted by atomic mass is 9.88. The van der Waals surface area contributed by atoms with Gasteiger partial charge in [-0.25, -0.2) is 9.42 Å². The van der Waals surface area contributed by atoms with E-state index >= 15 is 0 Å². The van der Waals surface area contributed by atoms with Crippen LogP contribution in [-0.2, 0) is 21.7 Å². The molecule has 0 aliphatic carbocycles. The van der Waals surface area contributed by atoms with Crippen LogP contribution in [0.25, 0.3) is 16.6 Å². The number of fused-ring (bicyclic) bond motifs is 1. The second kappa shape index (κ2) is 11.1. The van der Waals surface area contributed by atoms with E-state index in [4.69, 9.17) is 28.3 Å². The Balaban J connectivity index is 1.69. The highest BCUT2D eigenvalue weighted by molar-refractivity contribution is 6.20. The second-order valence-corrected chi connectivity index (χ2v) is 10.2. The first kappa shape index (κ1) is 28.0. The molecule has 10 nitrogen and oxygen atoms in total. The van der Waals surface area contributed by atoms with Gasteiger partial charge in [0.25, 0.3) is 5.79 Å². The zero-order valence-electron chi connectivity index (χ0n) is 23.8. The first-order valence-corrected chi connectivity index (χ1v) is 13.2. The van der Waals surface area contributed by atoms with Crippen LogP contribution in [0, 0.1) is 0 Å². The van der Waals surface area contributed by atoms with Crippen molar-refractivity contribution < 1.29 is 38.2 Å². The monoisotopic (exact) mass is 560 g/mol. The van der Waals surface area contributed by atoms with Crippen molar-refractivity contribution in [2.24, 2.45) is 0 Å². The van der Waals surface area contributed by atoms with Gasteiger partial charge in [0.1, 0.15) is 16.8 Å². The second-order valence-electron chi connectivity index (χ2n) is 10.2. The fraction of sp³-hybridized carbons (Fsp3) is 0.323. The Morgan fingerprint density at radius 1 is 0.854 bits per heavy atom. The first-order chi connectivity index (χ1) is 19.6. The lowest BCUT2D eigenvalue weighted by molar-refractivity contribution is -0.185. The summed E-state index contributed by atoms with van der Waals surface area (Å²) in [6.45, 7) is 7.67. The molecule has 1 atom stereocenters. The first-order valence-electron chi connectivity index (χ1n) is 13.2. The number of carbonyl (C=O) groups excluding carboxylic acids is 1. The molecule has 0 radical (unpaired) electrons. The van der Waals surface area contributed by atoms with Crippen LogP contribution in [0.1, 0.15) is 44.4 Å². The summed E-state index contributed by atoms with van der Waals surface area (Å²) < 4.78 is 33.7. The van der Waals surface area contributed by atoms with Crippen LogP contribution in [0.2, 0.25) is 0 Å². The standard InChI is InChI=1S/C31H32N2O8/c1-17(2)38-27-15-19(14-26(37-6)29(27)39-18(3)4)13-23-28(20-7-12-24-25(16-20)33-41-32-24)30(34)40-31(23,35)21-8-10-22(36-5)11-9-21/h7-12,14-18,35H,13H2,1-6H3. The molecule has 0 saturated heterocycles. The lowest BCUT2D eigenvalue weighted by Gasteiger charge is -2.26. The van der Waals surface area contributed by atoms with E-state index in [9.17, 15) is 9.90 Å². The van der Waals surface area contributed by atoms with Gasteiger partial charge in [-0.05, 0) is 97.7 Å². The molecule has 0 bridgehead atoms. The maximum atomic E-state index is 13.5. The molecule has 0 spiro atoms. The van der Waals surface area contributed by atoms with Crippen molar-refractivity contribution in [3.63, 3.8) is 0 Å². The molecular weight excluding hydrogens is 528 g/mol. The van der Waals surface area contributed by atoms with Crippen LogP contribution in [-0.4, -0.2) is 47.8 Å². The summed E-state index contributed by atoms with van der Waals surface area (Å²) in [5.41, 5.74) is 3.12. The van der Waals surface area contributed by atoms with E-state index in [-0.39, 0.29) is 24.2 Å². The van der Waals surface area contributed by atoms with Gasteiger partial charge in [-0.2, -0.15) is 0 Å². The molecular formula is C31H32N2O8. The summed E-state index contributed by atoms with van der Waals surface area (Å²) in [7, 11) is 3.10. The summed E-state index contributed by atoms with van der Waals surface area (Å²) in [6.07, 6.45) is -0.152. The molecule has 0 saturated carbocycles. The summed E-state index contributed by atoms with van der Waals surface area (Å²) in [4.78, 5) is 13.5. The van der Waals surface area contributed by atoms with E-state index in [2.05, 4.69) is 10.3 Å². The summed E-state index contributed by atoms with van der Waals surface area (Å²) >= 11 is 0. The van der Waals surface area contributed by atoms with Crippen molar-refractivity contribution in [2.45, 2.75) is 52.1 Å².